The molecule has 5 heteroatoms. The van der Waals surface area contributed by atoms with Crippen LogP contribution in [0.5, 0.6) is 0 Å². The summed E-state index contributed by atoms with van der Waals surface area (Å²) in [6, 6.07) is 0. The minimum Gasteiger partial charge on any atom is -0.462 e. The Morgan fingerprint density at radius 2 is 1.31 bits per heavy atom. The summed E-state index contributed by atoms with van der Waals surface area (Å²) in [4.78, 5) is 22.9. The van der Waals surface area contributed by atoms with Crippen molar-refractivity contribution in [2.45, 2.75) is 84.8 Å². The molecule has 0 rings (SSSR count). The molecule has 0 bridgehead atoms. The Balaban J connectivity index is 3.96. The summed E-state index contributed by atoms with van der Waals surface area (Å²) in [5.41, 5.74) is 0.0584. The van der Waals surface area contributed by atoms with E-state index in [-0.39, 0.29) is 17.5 Å². The molecule has 0 spiro atoms. The third-order valence-electron chi connectivity index (χ3n) is 3.89. The van der Waals surface area contributed by atoms with Gasteiger partial charge in [0.25, 0.3) is 0 Å². The van der Waals surface area contributed by atoms with E-state index in [9.17, 15) is 9.59 Å². The van der Waals surface area contributed by atoms with Crippen molar-refractivity contribution in [1.29, 1.82) is 0 Å². The van der Waals surface area contributed by atoms with Crippen molar-refractivity contribution in [1.82, 2.24) is 0 Å². The van der Waals surface area contributed by atoms with Gasteiger partial charge in [0, 0.05) is 17.8 Å². The first-order chi connectivity index (χ1) is 11.9. The quantitative estimate of drug-likeness (QED) is 0.267. The second-order valence-electron chi connectivity index (χ2n) is 8.01. The highest BCUT2D eigenvalue weighted by atomic mass is 16.6. The van der Waals surface area contributed by atoms with Gasteiger partial charge in [0.15, 0.2) is 0 Å². The predicted octanol–water partition coefficient (Wildman–Crippen LogP) is 4.75. The van der Waals surface area contributed by atoms with Gasteiger partial charge in [-0.3, -0.25) is 0 Å². The number of hydrogen-bond acceptors (Lipinski definition) is 5. The number of hydrogen-bond donors (Lipinski definition) is 0. The number of unbranched alkanes of at least 4 members (excludes halogenated alkanes) is 1. The lowest BCUT2D eigenvalue weighted by Gasteiger charge is -2.28. The highest BCUT2D eigenvalue weighted by molar-refractivity contribution is 5.87. The largest absolute Gasteiger partial charge is 0.462 e. The van der Waals surface area contributed by atoms with E-state index in [2.05, 4.69) is 27.0 Å². The van der Waals surface area contributed by atoms with Crippen molar-refractivity contribution in [3.8, 4) is 0 Å². The van der Waals surface area contributed by atoms with Crippen LogP contribution in [0.25, 0.3) is 0 Å². The molecule has 0 aliphatic carbocycles. The fraction of sp³-hybridized carbons (Fsp3) is 0.714. The van der Waals surface area contributed by atoms with Crippen LogP contribution >= 0.6 is 0 Å². The summed E-state index contributed by atoms with van der Waals surface area (Å²) in [6.45, 7) is 19.3. The van der Waals surface area contributed by atoms with E-state index in [0.717, 1.165) is 32.1 Å². The third-order valence-corrected chi connectivity index (χ3v) is 3.89. The van der Waals surface area contributed by atoms with Crippen LogP contribution in [0.3, 0.4) is 0 Å². The summed E-state index contributed by atoms with van der Waals surface area (Å²) in [6.07, 6.45) is 4.12. The van der Waals surface area contributed by atoms with Crippen LogP contribution in [-0.4, -0.2) is 36.4 Å². The molecule has 0 heterocycles. The molecule has 0 saturated heterocycles. The van der Waals surface area contributed by atoms with Crippen molar-refractivity contribution >= 4 is 11.9 Å². The van der Waals surface area contributed by atoms with Crippen molar-refractivity contribution in [3.05, 3.63) is 24.3 Å². The maximum Gasteiger partial charge on any atom is 0.333 e. The van der Waals surface area contributed by atoms with E-state index in [1.165, 1.54) is 0 Å². The van der Waals surface area contributed by atoms with E-state index in [1.54, 1.807) is 13.8 Å². The molecular formula is C21H36O5. The molecule has 0 radical (unpaired) electrons. The molecule has 150 valence electrons. The summed E-state index contributed by atoms with van der Waals surface area (Å²) in [5.74, 6) is -0.695. The van der Waals surface area contributed by atoms with Gasteiger partial charge in [-0.2, -0.15) is 0 Å². The van der Waals surface area contributed by atoms with Crippen LogP contribution in [0.15, 0.2) is 24.3 Å². The molecule has 26 heavy (non-hydrogen) atoms. The Kier molecular flexibility index (Phi) is 10.5. The highest BCUT2D eigenvalue weighted by Crippen LogP contribution is 2.22. The van der Waals surface area contributed by atoms with Gasteiger partial charge in [0.2, 0.25) is 0 Å². The Labute approximate surface area is 158 Å². The first-order valence-electron chi connectivity index (χ1n) is 9.22. The zero-order chi connectivity index (χ0) is 20.4. The first kappa shape index (κ1) is 24.4. The van der Waals surface area contributed by atoms with Crippen LogP contribution in [0.1, 0.15) is 73.6 Å². The van der Waals surface area contributed by atoms with Gasteiger partial charge in [-0.05, 0) is 73.6 Å². The second-order valence-corrected chi connectivity index (χ2v) is 8.01. The highest BCUT2D eigenvalue weighted by Gasteiger charge is 2.24. The maximum absolute atomic E-state index is 11.6. The fourth-order valence-electron chi connectivity index (χ4n) is 2.25. The smallest absolute Gasteiger partial charge is 0.333 e. The summed E-state index contributed by atoms with van der Waals surface area (Å²) in [5, 5.41) is 0. The van der Waals surface area contributed by atoms with Gasteiger partial charge >= 0.3 is 11.9 Å². The fourth-order valence-corrected chi connectivity index (χ4v) is 2.25. The van der Waals surface area contributed by atoms with Crippen LogP contribution < -0.4 is 0 Å². The van der Waals surface area contributed by atoms with E-state index in [1.807, 2.05) is 13.8 Å². The van der Waals surface area contributed by atoms with Crippen LogP contribution in [0.4, 0.5) is 0 Å². The molecular weight excluding hydrogens is 332 g/mol. The van der Waals surface area contributed by atoms with Gasteiger partial charge in [-0.1, -0.05) is 13.2 Å². The average molecular weight is 369 g/mol. The zero-order valence-corrected chi connectivity index (χ0v) is 17.4. The lowest BCUT2D eigenvalue weighted by atomic mass is 10.0. The summed E-state index contributed by atoms with van der Waals surface area (Å²) in [7, 11) is 0. The Bertz CT molecular complexity index is 503. The van der Waals surface area contributed by atoms with Crippen LogP contribution in [-0.2, 0) is 23.8 Å². The summed E-state index contributed by atoms with van der Waals surface area (Å²) >= 11 is 0. The Morgan fingerprint density at radius 1 is 0.769 bits per heavy atom. The van der Waals surface area contributed by atoms with Gasteiger partial charge in [0.05, 0.1) is 12.2 Å². The second kappa shape index (κ2) is 11.2. The molecule has 0 aromatic heterocycles. The topological polar surface area (TPSA) is 61.8 Å². The lowest BCUT2D eigenvalue weighted by Crippen LogP contribution is -2.30. The predicted molar refractivity (Wildman–Crippen MR) is 104 cm³/mol. The molecule has 5 nitrogen and oxygen atoms in total. The van der Waals surface area contributed by atoms with Gasteiger partial charge < -0.3 is 14.2 Å². The van der Waals surface area contributed by atoms with Crippen molar-refractivity contribution in [3.63, 3.8) is 0 Å². The van der Waals surface area contributed by atoms with Crippen molar-refractivity contribution < 1.29 is 23.8 Å². The van der Waals surface area contributed by atoms with E-state index in [4.69, 9.17) is 14.2 Å². The molecule has 0 fully saturated rings. The number of rotatable bonds is 13. The van der Waals surface area contributed by atoms with Crippen LogP contribution in [0, 0.1) is 0 Å². The minimum atomic E-state index is -0.531. The molecule has 0 aromatic rings. The standard InChI is InChI=1S/C21H36O5/c1-16(2)18(22)24-14-10-9-12-20(5,6)25-15-11-13-21(7,8)26-19(23)17(3)4/h1,3,9-15H2,2,4-8H3. The lowest BCUT2D eigenvalue weighted by molar-refractivity contribution is -0.152. The molecule has 0 saturated carbocycles. The van der Waals surface area contributed by atoms with E-state index in [0.29, 0.717) is 24.4 Å². The Morgan fingerprint density at radius 3 is 1.85 bits per heavy atom. The molecule has 0 unspecified atom stereocenters. The molecule has 0 aliphatic rings. The molecule has 0 aliphatic heterocycles. The number of esters is 2. The van der Waals surface area contributed by atoms with Crippen molar-refractivity contribution in [2.75, 3.05) is 13.2 Å². The van der Waals surface area contributed by atoms with E-state index < -0.39 is 5.60 Å². The molecule has 0 atom stereocenters. The zero-order valence-electron chi connectivity index (χ0n) is 17.4. The molecule has 0 amide bonds. The van der Waals surface area contributed by atoms with Gasteiger partial charge in [-0.15, -0.1) is 0 Å². The molecule has 0 N–H and O–H groups in total. The summed E-state index contributed by atoms with van der Waals surface area (Å²) < 4.78 is 16.5. The normalized spacial score (nSPS) is 11.8. The average Bonchev–Trinajstić information content (AvgIpc) is 2.50. The van der Waals surface area contributed by atoms with Crippen molar-refractivity contribution in [2.24, 2.45) is 0 Å². The minimum absolute atomic E-state index is 0.239. The first-order valence-corrected chi connectivity index (χ1v) is 9.22. The maximum atomic E-state index is 11.6. The van der Waals surface area contributed by atoms with Gasteiger partial charge in [0.1, 0.15) is 5.60 Å². The SMILES string of the molecule is C=C(C)C(=O)OCCCCC(C)(C)OCCCC(C)(C)OC(=O)C(=C)C. The monoisotopic (exact) mass is 368 g/mol. The molecule has 0 aromatic carbocycles. The number of ether oxygens (including phenoxy) is 3. The Hall–Kier alpha value is -1.62. The van der Waals surface area contributed by atoms with Gasteiger partial charge in [-0.25, -0.2) is 9.59 Å². The van der Waals surface area contributed by atoms with Crippen LogP contribution in [0.2, 0.25) is 0 Å². The third kappa shape index (κ3) is 11.9. The number of carbonyl (C=O) groups is 2. The number of carbonyl (C=O) groups excluding carboxylic acids is 2. The van der Waals surface area contributed by atoms with E-state index >= 15 is 0 Å².